The number of rotatable bonds is 17. The highest BCUT2D eigenvalue weighted by atomic mass is 16.2. The van der Waals surface area contributed by atoms with Crippen LogP contribution in [0.3, 0.4) is 0 Å². The third-order valence-electron chi connectivity index (χ3n) is 14.1. The summed E-state index contributed by atoms with van der Waals surface area (Å²) < 4.78 is 5.78. The Hall–Kier alpha value is -8.93. The summed E-state index contributed by atoms with van der Waals surface area (Å²) >= 11 is 0. The number of fused-ring (bicyclic) bond motifs is 4. The number of benzene rings is 2. The van der Waals surface area contributed by atoms with Gasteiger partial charge in [-0.15, -0.1) is 9.20 Å². The highest BCUT2D eigenvalue weighted by Crippen LogP contribution is 2.30. The second kappa shape index (κ2) is 21.5. The molecule has 1 aliphatic heterocycles. The quantitative estimate of drug-likeness (QED) is 0.0653. The van der Waals surface area contributed by atoms with E-state index in [-0.39, 0.29) is 11.9 Å². The number of hydrogen-bond donors (Lipinski definition) is 2. The van der Waals surface area contributed by atoms with Crippen LogP contribution in [-0.2, 0) is 24.2 Å². The number of aromatic nitrogens is 12. The first-order valence-corrected chi connectivity index (χ1v) is 26.1. The van der Waals surface area contributed by atoms with E-state index in [2.05, 4.69) is 159 Å². The van der Waals surface area contributed by atoms with E-state index in [0.717, 1.165) is 99.8 Å². The van der Waals surface area contributed by atoms with E-state index >= 15 is 0 Å². The van der Waals surface area contributed by atoms with E-state index in [1.54, 1.807) is 35.8 Å². The molecule has 0 spiro atoms. The minimum absolute atomic E-state index is 0.0165. The van der Waals surface area contributed by atoms with E-state index in [1.165, 1.54) is 27.8 Å². The lowest BCUT2D eigenvalue weighted by atomic mass is 10.0. The van der Waals surface area contributed by atoms with Crippen molar-refractivity contribution in [2.45, 2.75) is 73.4 Å². The van der Waals surface area contributed by atoms with Gasteiger partial charge in [-0.25, -0.2) is 39.4 Å². The number of amides is 1. The molecule has 2 aromatic carbocycles. The van der Waals surface area contributed by atoms with Crippen LogP contribution in [0.2, 0.25) is 0 Å². The van der Waals surface area contributed by atoms with Gasteiger partial charge in [0, 0.05) is 79.3 Å². The van der Waals surface area contributed by atoms with Crippen LogP contribution >= 0.6 is 0 Å². The zero-order chi connectivity index (χ0) is 52.3. The summed E-state index contributed by atoms with van der Waals surface area (Å²) in [4.78, 5) is 57.0. The lowest BCUT2D eigenvalue weighted by Crippen LogP contribution is -2.54. The predicted molar refractivity (Wildman–Crippen MR) is 297 cm³/mol. The lowest BCUT2D eigenvalue weighted by Gasteiger charge is -2.40. The molecule has 18 heteroatoms. The van der Waals surface area contributed by atoms with Crippen LogP contribution in [0.25, 0.3) is 33.1 Å². The Kier molecular flexibility index (Phi) is 13.9. The van der Waals surface area contributed by atoms with Crippen LogP contribution in [0.15, 0.2) is 135 Å². The van der Waals surface area contributed by atoms with Gasteiger partial charge in [0.2, 0.25) is 5.91 Å². The van der Waals surface area contributed by atoms with E-state index in [4.69, 9.17) is 15.0 Å². The number of pyridine rings is 4. The van der Waals surface area contributed by atoms with Gasteiger partial charge in [0.25, 0.3) is 5.65 Å². The number of piperazine rings is 1. The van der Waals surface area contributed by atoms with Crippen LogP contribution in [0.4, 0.5) is 34.6 Å². The minimum Gasteiger partial charge on any atom is -0.356 e. The van der Waals surface area contributed by atoms with E-state index in [9.17, 15) is 4.79 Å². The average molecular weight is 1010 g/mol. The molecule has 1 fully saturated rings. The zero-order valence-electron chi connectivity index (χ0n) is 43.8. The molecule has 0 radical (unpaired) electrons. The third kappa shape index (κ3) is 10.7. The molecular formula is C58H62N17O+. The van der Waals surface area contributed by atoms with Gasteiger partial charge in [-0.05, 0) is 145 Å². The highest BCUT2D eigenvalue weighted by molar-refractivity contribution is 5.93. The monoisotopic (exact) mass is 1010 g/mol. The Morgan fingerprint density at radius 2 is 1.42 bits per heavy atom. The Balaban J connectivity index is 0.690. The van der Waals surface area contributed by atoms with Crippen molar-refractivity contribution in [1.82, 2.24) is 58.9 Å². The van der Waals surface area contributed by atoms with E-state index < -0.39 is 0 Å². The third-order valence-corrected chi connectivity index (χ3v) is 14.1. The van der Waals surface area contributed by atoms with Crippen LogP contribution in [0, 0.1) is 19.8 Å². The maximum atomic E-state index is 13.6. The van der Waals surface area contributed by atoms with Crippen molar-refractivity contribution in [3.63, 3.8) is 0 Å². The van der Waals surface area contributed by atoms with Gasteiger partial charge in [-0.2, -0.15) is 5.10 Å². The molecule has 384 valence electrons. The predicted octanol–water partition coefficient (Wildman–Crippen LogP) is 8.79. The van der Waals surface area contributed by atoms with Gasteiger partial charge in [0.15, 0.2) is 5.65 Å². The summed E-state index contributed by atoms with van der Waals surface area (Å²) in [6.45, 7) is 17.2. The molecule has 11 rings (SSSR count). The smallest absolute Gasteiger partial charge is 0.308 e. The fraction of sp³-hybridized carbons (Fsp3) is 0.293. The summed E-state index contributed by atoms with van der Waals surface area (Å²) in [6, 6.07) is 25.4. The molecule has 0 saturated carbocycles. The lowest BCUT2D eigenvalue weighted by molar-refractivity contribution is -0.752. The molecule has 1 amide bonds. The fourth-order valence-electron chi connectivity index (χ4n) is 10.2. The molecule has 76 heavy (non-hydrogen) atoms. The van der Waals surface area contributed by atoms with E-state index in [1.807, 2.05) is 51.2 Å². The van der Waals surface area contributed by atoms with Crippen molar-refractivity contribution in [1.29, 1.82) is 0 Å². The van der Waals surface area contributed by atoms with Gasteiger partial charge >= 0.3 is 6.33 Å². The molecule has 8 aromatic heterocycles. The number of carbonyl (C=O) groups is 1. The molecule has 9 heterocycles. The molecule has 1 saturated heterocycles. The van der Waals surface area contributed by atoms with Crippen LogP contribution in [0.1, 0.15) is 67.5 Å². The van der Waals surface area contributed by atoms with Crippen LogP contribution < -0.4 is 25.1 Å². The molecule has 18 nitrogen and oxygen atoms in total. The van der Waals surface area contributed by atoms with Crippen molar-refractivity contribution in [3.8, 4) is 0 Å². The second-order valence-corrected chi connectivity index (χ2v) is 20.2. The first-order chi connectivity index (χ1) is 37.0. The Morgan fingerprint density at radius 3 is 2.09 bits per heavy atom. The van der Waals surface area contributed by atoms with Crippen molar-refractivity contribution in [2.75, 3.05) is 53.2 Å². The van der Waals surface area contributed by atoms with Crippen molar-refractivity contribution < 1.29 is 9.48 Å². The SMILES string of the molecule is CCCN(CC(C)C)c1cc2c(Nc3ccc(Cc4ccn5c(c4)nc[n+]5C/C=C/C(=O)N4CCN(c5cc6c(Nc7ccc(Cc8ccn9ncnc9c8)c(C)c7)ncnc6cn5)C[C@H]4C)c(C)c3)ncnc2cn1. The normalized spacial score (nSPS) is 14.0. The second-order valence-electron chi connectivity index (χ2n) is 20.2. The minimum atomic E-state index is -0.0350. The summed E-state index contributed by atoms with van der Waals surface area (Å²) in [5.41, 5.74) is 12.2. The molecular weight excluding hydrogens is 951 g/mol. The standard InChI is InChI=1S/C58H62N17O/c1-7-16-70(32-38(2)3)52-28-48-50(30-59-52)61-34-64-57(48)68-47-13-11-45(40(5)23-47)25-43-15-19-75-55(27-43)66-37-72(75)17-8-9-56(76)73-21-20-71(33-41(73)6)53-29-49-51(31-60-53)62-35-65-58(49)69-46-12-10-44(39(4)22-46)24-42-14-18-74-54(26-42)63-36-67-74/h8-15,18-19,22-23,26-31,34-38,41H,7,16-17,20-21,24-25,32-33H2,1-6H3,(H,61,64,68)(H,62,65,69)/q+1/b9-8+/t41-/m1/s1. The summed E-state index contributed by atoms with van der Waals surface area (Å²) in [5, 5.41) is 13.1. The number of nitrogens with zero attached hydrogens (tertiary/aromatic N) is 15. The van der Waals surface area contributed by atoms with Gasteiger partial charge in [0.1, 0.15) is 48.8 Å². The molecule has 1 atom stereocenters. The molecule has 2 N–H and O–H groups in total. The molecule has 0 unspecified atom stereocenters. The summed E-state index contributed by atoms with van der Waals surface area (Å²) in [7, 11) is 0. The van der Waals surface area contributed by atoms with Crippen LogP contribution in [0.5, 0.6) is 0 Å². The van der Waals surface area contributed by atoms with Gasteiger partial charge < -0.3 is 25.3 Å². The average Bonchev–Trinajstić information content (AvgIpc) is 4.06. The van der Waals surface area contributed by atoms with Crippen molar-refractivity contribution in [3.05, 3.63) is 168 Å². The fourth-order valence-corrected chi connectivity index (χ4v) is 10.2. The maximum Gasteiger partial charge on any atom is 0.308 e. The first-order valence-electron chi connectivity index (χ1n) is 26.1. The van der Waals surface area contributed by atoms with Gasteiger partial charge in [0.05, 0.1) is 29.6 Å². The zero-order valence-corrected chi connectivity index (χ0v) is 43.8. The topological polar surface area (TPSA) is 180 Å². The largest absolute Gasteiger partial charge is 0.356 e. The van der Waals surface area contributed by atoms with Crippen LogP contribution in [-0.4, -0.2) is 104 Å². The Morgan fingerprint density at radius 1 is 0.750 bits per heavy atom. The molecule has 10 aromatic rings. The first kappa shape index (κ1) is 49.3. The summed E-state index contributed by atoms with van der Waals surface area (Å²) in [6.07, 6.45) is 20.3. The Labute approximate surface area is 441 Å². The number of carbonyl (C=O) groups excluding carboxylic acids is 1. The maximum absolute atomic E-state index is 13.6. The number of anilines is 6. The number of hydrogen-bond acceptors (Lipinski definition) is 14. The van der Waals surface area contributed by atoms with Gasteiger partial charge in [-0.1, -0.05) is 32.9 Å². The molecule has 0 aliphatic carbocycles. The molecule has 0 bridgehead atoms. The van der Waals surface area contributed by atoms with Gasteiger partial charge in [-0.3, -0.25) is 4.79 Å². The highest BCUT2D eigenvalue weighted by Gasteiger charge is 2.28. The van der Waals surface area contributed by atoms with Crippen molar-refractivity contribution >= 4 is 73.7 Å². The molecule has 1 aliphatic rings. The number of allylic oxidation sites excluding steroid dienone is 1. The van der Waals surface area contributed by atoms with Crippen molar-refractivity contribution in [2.24, 2.45) is 5.92 Å². The number of nitrogens with one attached hydrogen (secondary N) is 2. The summed E-state index contributed by atoms with van der Waals surface area (Å²) in [5.74, 6) is 3.73. The van der Waals surface area contributed by atoms with E-state index in [0.29, 0.717) is 37.9 Å². The number of aryl methyl sites for hydroxylation is 2. The Bertz CT molecular complexity index is 3770.